The number of ether oxygens (including phenoxy) is 1. The average molecular weight is 524 g/mol. The van der Waals surface area contributed by atoms with Crippen LogP contribution in [0.25, 0.3) is 10.9 Å². The normalized spacial score (nSPS) is 15.2. The van der Waals surface area contributed by atoms with E-state index in [4.69, 9.17) is 9.97 Å². The van der Waals surface area contributed by atoms with Gasteiger partial charge in [-0.05, 0) is 37.1 Å². The van der Waals surface area contributed by atoms with E-state index in [9.17, 15) is 13.2 Å². The maximum absolute atomic E-state index is 12.7. The standard InChI is InChI=1S/C23H25BrF3N5O/c1-31(2)21-18-5-3-4-6-19(18)29-22(30-21)32-11-9-17(10-12-32)28-14-15-7-8-16(24)13-20(15)33-23(25,26)27/h3-8,13,17,28H,9-12,14H2,1-2H3. The van der Waals surface area contributed by atoms with E-state index in [1.54, 1.807) is 12.1 Å². The summed E-state index contributed by atoms with van der Waals surface area (Å²) in [5, 5.41) is 4.38. The number of rotatable bonds is 6. The Morgan fingerprint density at radius 3 is 2.55 bits per heavy atom. The molecule has 1 N–H and O–H groups in total. The molecule has 0 radical (unpaired) electrons. The Kier molecular flexibility index (Phi) is 6.94. The zero-order valence-electron chi connectivity index (χ0n) is 18.4. The fraction of sp³-hybridized carbons (Fsp3) is 0.391. The van der Waals surface area contributed by atoms with Gasteiger partial charge in [0.1, 0.15) is 11.6 Å². The molecule has 6 nitrogen and oxygen atoms in total. The van der Waals surface area contributed by atoms with Crippen LogP contribution in [0.2, 0.25) is 0 Å². The van der Waals surface area contributed by atoms with Gasteiger partial charge < -0.3 is 19.9 Å². The highest BCUT2D eigenvalue weighted by atomic mass is 79.9. The SMILES string of the molecule is CN(C)c1nc(N2CCC(NCc3ccc(Br)cc3OC(F)(F)F)CC2)nc2ccccc12. The molecule has 176 valence electrons. The Morgan fingerprint density at radius 2 is 1.85 bits per heavy atom. The van der Waals surface area contributed by atoms with Gasteiger partial charge in [0.15, 0.2) is 0 Å². The number of anilines is 2. The summed E-state index contributed by atoms with van der Waals surface area (Å²) in [6.45, 7) is 1.81. The van der Waals surface area contributed by atoms with Crippen molar-refractivity contribution in [2.24, 2.45) is 0 Å². The third-order valence-corrected chi connectivity index (χ3v) is 6.10. The second-order valence-corrected chi connectivity index (χ2v) is 9.12. The lowest BCUT2D eigenvalue weighted by atomic mass is 10.0. The molecule has 1 fully saturated rings. The Hall–Kier alpha value is -2.59. The van der Waals surface area contributed by atoms with Gasteiger partial charge in [-0.1, -0.05) is 34.1 Å². The molecule has 3 aromatic rings. The van der Waals surface area contributed by atoms with E-state index in [0.717, 1.165) is 42.7 Å². The Labute approximate surface area is 198 Å². The van der Waals surface area contributed by atoms with Crippen molar-refractivity contribution in [1.82, 2.24) is 15.3 Å². The van der Waals surface area contributed by atoms with E-state index in [1.165, 1.54) is 6.07 Å². The molecule has 0 amide bonds. The third kappa shape index (κ3) is 5.86. The largest absolute Gasteiger partial charge is 0.573 e. The molecule has 1 aromatic heterocycles. The van der Waals surface area contributed by atoms with Crippen molar-refractivity contribution in [3.8, 4) is 5.75 Å². The minimum Gasteiger partial charge on any atom is -0.405 e. The molecule has 0 bridgehead atoms. The van der Waals surface area contributed by atoms with E-state index in [1.807, 2.05) is 43.3 Å². The molecule has 2 heterocycles. The topological polar surface area (TPSA) is 53.5 Å². The molecule has 0 aliphatic carbocycles. The summed E-state index contributed by atoms with van der Waals surface area (Å²) in [7, 11) is 3.93. The summed E-state index contributed by atoms with van der Waals surface area (Å²) in [5.41, 5.74) is 1.37. The molecular formula is C23H25BrF3N5O. The van der Waals surface area contributed by atoms with Crippen molar-refractivity contribution in [2.45, 2.75) is 31.8 Å². The van der Waals surface area contributed by atoms with Crippen molar-refractivity contribution >= 4 is 38.6 Å². The van der Waals surface area contributed by atoms with Crippen LogP contribution < -0.4 is 19.9 Å². The molecule has 4 rings (SSSR count). The van der Waals surface area contributed by atoms with Crippen molar-refractivity contribution in [2.75, 3.05) is 37.0 Å². The van der Waals surface area contributed by atoms with Crippen LogP contribution in [-0.4, -0.2) is 49.6 Å². The first-order chi connectivity index (χ1) is 15.7. The van der Waals surface area contributed by atoms with Gasteiger partial charge >= 0.3 is 6.36 Å². The maximum Gasteiger partial charge on any atom is 0.573 e. The zero-order valence-corrected chi connectivity index (χ0v) is 19.9. The first-order valence-electron chi connectivity index (χ1n) is 10.7. The van der Waals surface area contributed by atoms with Crippen molar-refractivity contribution < 1.29 is 17.9 Å². The van der Waals surface area contributed by atoms with Crippen molar-refractivity contribution in [1.29, 1.82) is 0 Å². The number of para-hydroxylation sites is 1. The Bertz CT molecular complexity index is 1120. The van der Waals surface area contributed by atoms with Crippen LogP contribution in [0.5, 0.6) is 5.75 Å². The first-order valence-corrected chi connectivity index (χ1v) is 11.5. The predicted molar refractivity (Wildman–Crippen MR) is 127 cm³/mol. The number of alkyl halides is 3. The maximum atomic E-state index is 12.7. The van der Waals surface area contributed by atoms with E-state index in [0.29, 0.717) is 22.5 Å². The fourth-order valence-electron chi connectivity index (χ4n) is 3.96. The minimum absolute atomic E-state index is 0.178. The Balaban J connectivity index is 1.40. The summed E-state index contributed by atoms with van der Waals surface area (Å²) >= 11 is 3.20. The van der Waals surface area contributed by atoms with Crippen LogP contribution in [0, 0.1) is 0 Å². The van der Waals surface area contributed by atoms with Gasteiger partial charge in [0.25, 0.3) is 0 Å². The lowest BCUT2D eigenvalue weighted by Crippen LogP contribution is -2.43. The number of hydrogen-bond donors (Lipinski definition) is 1. The van der Waals surface area contributed by atoms with Crippen molar-refractivity contribution in [3.63, 3.8) is 0 Å². The number of nitrogens with zero attached hydrogens (tertiary/aromatic N) is 4. The molecule has 0 unspecified atom stereocenters. The van der Waals surface area contributed by atoms with Crippen molar-refractivity contribution in [3.05, 3.63) is 52.5 Å². The quantitative estimate of drug-likeness (QED) is 0.484. The van der Waals surface area contributed by atoms with Gasteiger partial charge in [-0.2, -0.15) is 4.98 Å². The number of halogens is 4. The van der Waals surface area contributed by atoms with Crippen LogP contribution >= 0.6 is 15.9 Å². The fourth-order valence-corrected chi connectivity index (χ4v) is 4.30. The smallest absolute Gasteiger partial charge is 0.405 e. The number of hydrogen-bond acceptors (Lipinski definition) is 6. The number of nitrogens with one attached hydrogen (secondary N) is 1. The number of piperidine rings is 1. The molecule has 1 saturated heterocycles. The summed E-state index contributed by atoms with van der Waals surface area (Å²) in [6, 6.07) is 12.8. The van der Waals surface area contributed by atoms with Crippen LogP contribution in [0.3, 0.4) is 0 Å². The monoisotopic (exact) mass is 523 g/mol. The molecule has 10 heteroatoms. The number of benzene rings is 2. The molecule has 1 aliphatic rings. The van der Waals surface area contributed by atoms with Gasteiger partial charge in [-0.25, -0.2) is 4.98 Å². The highest BCUT2D eigenvalue weighted by Gasteiger charge is 2.32. The van der Waals surface area contributed by atoms with Gasteiger partial charge in [0.05, 0.1) is 5.52 Å². The van der Waals surface area contributed by atoms with Gasteiger partial charge in [-0.15, -0.1) is 13.2 Å². The lowest BCUT2D eigenvalue weighted by Gasteiger charge is -2.33. The first kappa shape index (κ1) is 23.6. The Morgan fingerprint density at radius 1 is 1.12 bits per heavy atom. The average Bonchev–Trinajstić information content (AvgIpc) is 2.77. The molecule has 0 spiro atoms. The van der Waals surface area contributed by atoms with Gasteiger partial charge in [-0.3, -0.25) is 0 Å². The molecule has 0 saturated carbocycles. The summed E-state index contributed by atoms with van der Waals surface area (Å²) in [5.74, 6) is 1.38. The highest BCUT2D eigenvalue weighted by molar-refractivity contribution is 9.10. The van der Waals surface area contributed by atoms with Crippen LogP contribution in [0.1, 0.15) is 18.4 Å². The van der Waals surface area contributed by atoms with Gasteiger partial charge in [0, 0.05) is 55.2 Å². The van der Waals surface area contributed by atoms with E-state index < -0.39 is 6.36 Å². The van der Waals surface area contributed by atoms with E-state index in [-0.39, 0.29) is 11.8 Å². The molecular weight excluding hydrogens is 499 g/mol. The molecule has 2 aromatic carbocycles. The summed E-state index contributed by atoms with van der Waals surface area (Å²) in [6.07, 6.45) is -3.06. The summed E-state index contributed by atoms with van der Waals surface area (Å²) in [4.78, 5) is 13.7. The van der Waals surface area contributed by atoms with E-state index in [2.05, 4.69) is 30.9 Å². The number of aromatic nitrogens is 2. The van der Waals surface area contributed by atoms with E-state index >= 15 is 0 Å². The molecule has 1 aliphatic heterocycles. The second-order valence-electron chi connectivity index (χ2n) is 8.20. The van der Waals surface area contributed by atoms with Crippen LogP contribution in [0.4, 0.5) is 24.9 Å². The van der Waals surface area contributed by atoms with Gasteiger partial charge in [0.2, 0.25) is 5.95 Å². The predicted octanol–water partition coefficient (Wildman–Crippen LogP) is 5.12. The van der Waals surface area contributed by atoms with Crippen LogP contribution in [0.15, 0.2) is 46.9 Å². The molecule has 0 atom stereocenters. The molecule has 33 heavy (non-hydrogen) atoms. The zero-order chi connectivity index (χ0) is 23.6. The minimum atomic E-state index is -4.73. The highest BCUT2D eigenvalue weighted by Crippen LogP contribution is 2.30. The third-order valence-electron chi connectivity index (χ3n) is 5.61. The second kappa shape index (κ2) is 9.72. The summed E-state index contributed by atoms with van der Waals surface area (Å²) < 4.78 is 43.0. The van der Waals surface area contributed by atoms with Crippen LogP contribution in [-0.2, 0) is 6.54 Å². The number of fused-ring (bicyclic) bond motifs is 1. The lowest BCUT2D eigenvalue weighted by molar-refractivity contribution is -0.274.